The van der Waals surface area contributed by atoms with Gasteiger partial charge in [0.25, 0.3) is 0 Å². The smallest absolute Gasteiger partial charge is 0.240 e. The first-order valence-corrected chi connectivity index (χ1v) is 7.36. The van der Waals surface area contributed by atoms with Crippen LogP contribution in [0, 0.1) is 0 Å². The number of carbonyl (C=O) groups is 1. The Morgan fingerprint density at radius 3 is 2.41 bits per heavy atom. The zero-order valence-corrected chi connectivity index (χ0v) is 13.1. The Balaban J connectivity index is 1.72. The minimum atomic E-state index is 0.0564. The van der Waals surface area contributed by atoms with E-state index in [1.807, 2.05) is 54.6 Å². The molecule has 0 fully saturated rings. The molecule has 4 nitrogen and oxygen atoms in total. The van der Waals surface area contributed by atoms with E-state index in [0.717, 1.165) is 24.4 Å². The summed E-state index contributed by atoms with van der Waals surface area (Å²) in [6.45, 7) is 1.10. The van der Waals surface area contributed by atoms with Gasteiger partial charge in [-0.3, -0.25) is 4.79 Å². The Morgan fingerprint density at radius 2 is 1.77 bits per heavy atom. The number of benzene rings is 2. The SMILES string of the molecule is COc1ccc(CCNCC(=O)N(C)c2ccccc2)cc1. The van der Waals surface area contributed by atoms with E-state index in [1.165, 1.54) is 5.56 Å². The van der Waals surface area contributed by atoms with Crippen molar-refractivity contribution in [2.24, 2.45) is 0 Å². The summed E-state index contributed by atoms with van der Waals surface area (Å²) in [6.07, 6.45) is 0.881. The van der Waals surface area contributed by atoms with Crippen LogP contribution in [-0.4, -0.2) is 33.2 Å². The van der Waals surface area contributed by atoms with Gasteiger partial charge in [0.1, 0.15) is 5.75 Å². The minimum absolute atomic E-state index is 0.0564. The third kappa shape index (κ3) is 4.60. The number of hydrogen-bond donors (Lipinski definition) is 1. The van der Waals surface area contributed by atoms with Crippen LogP contribution in [0.1, 0.15) is 5.56 Å². The van der Waals surface area contributed by atoms with Gasteiger partial charge in [0.2, 0.25) is 5.91 Å². The molecule has 0 saturated heterocycles. The molecule has 0 radical (unpaired) electrons. The van der Waals surface area contributed by atoms with Gasteiger partial charge in [0.05, 0.1) is 13.7 Å². The molecule has 0 aromatic heterocycles. The fourth-order valence-corrected chi connectivity index (χ4v) is 2.13. The summed E-state index contributed by atoms with van der Waals surface area (Å²) in [7, 11) is 3.45. The van der Waals surface area contributed by atoms with E-state index >= 15 is 0 Å². The molecule has 0 unspecified atom stereocenters. The molecule has 1 amide bonds. The molecule has 0 aliphatic heterocycles. The van der Waals surface area contributed by atoms with Crippen LogP contribution in [0.2, 0.25) is 0 Å². The Bertz CT molecular complexity index is 582. The van der Waals surface area contributed by atoms with Crippen LogP contribution in [0.15, 0.2) is 54.6 Å². The first-order chi connectivity index (χ1) is 10.7. The fraction of sp³-hybridized carbons (Fsp3) is 0.278. The van der Waals surface area contributed by atoms with Gasteiger partial charge in [-0.15, -0.1) is 0 Å². The number of nitrogens with one attached hydrogen (secondary N) is 1. The van der Waals surface area contributed by atoms with Gasteiger partial charge in [-0.25, -0.2) is 0 Å². The molecule has 0 spiro atoms. The van der Waals surface area contributed by atoms with Crippen LogP contribution in [0.25, 0.3) is 0 Å². The summed E-state index contributed by atoms with van der Waals surface area (Å²) in [5.74, 6) is 0.914. The van der Waals surface area contributed by atoms with Crippen molar-refractivity contribution in [3.05, 3.63) is 60.2 Å². The number of rotatable bonds is 7. The maximum absolute atomic E-state index is 12.1. The van der Waals surface area contributed by atoms with Crippen molar-refractivity contribution in [1.29, 1.82) is 0 Å². The van der Waals surface area contributed by atoms with Crippen LogP contribution in [0.4, 0.5) is 5.69 Å². The van der Waals surface area contributed by atoms with E-state index in [0.29, 0.717) is 6.54 Å². The first-order valence-electron chi connectivity index (χ1n) is 7.36. The number of anilines is 1. The number of amides is 1. The molecular weight excluding hydrogens is 276 g/mol. The normalized spacial score (nSPS) is 10.3. The third-order valence-electron chi connectivity index (χ3n) is 3.54. The highest BCUT2D eigenvalue weighted by Crippen LogP contribution is 2.12. The van der Waals surface area contributed by atoms with Crippen molar-refractivity contribution < 1.29 is 9.53 Å². The molecule has 0 aliphatic rings. The van der Waals surface area contributed by atoms with E-state index in [-0.39, 0.29) is 5.91 Å². The highest BCUT2D eigenvalue weighted by atomic mass is 16.5. The van der Waals surface area contributed by atoms with Crippen LogP contribution < -0.4 is 15.0 Å². The predicted molar refractivity (Wildman–Crippen MR) is 89.4 cm³/mol. The Hall–Kier alpha value is -2.33. The summed E-state index contributed by atoms with van der Waals surface area (Å²) < 4.78 is 5.13. The Labute approximate surface area is 131 Å². The van der Waals surface area contributed by atoms with Crippen molar-refractivity contribution in [2.45, 2.75) is 6.42 Å². The van der Waals surface area contributed by atoms with Gasteiger partial charge in [0.15, 0.2) is 0 Å². The summed E-state index contributed by atoms with van der Waals surface area (Å²) >= 11 is 0. The van der Waals surface area contributed by atoms with Gasteiger partial charge in [-0.05, 0) is 42.8 Å². The molecule has 22 heavy (non-hydrogen) atoms. The Morgan fingerprint density at radius 1 is 1.09 bits per heavy atom. The second kappa shape index (κ2) is 8.20. The highest BCUT2D eigenvalue weighted by Gasteiger charge is 2.09. The van der Waals surface area contributed by atoms with Crippen molar-refractivity contribution >= 4 is 11.6 Å². The first kappa shape index (κ1) is 16.0. The van der Waals surface area contributed by atoms with Crippen LogP contribution >= 0.6 is 0 Å². The molecule has 2 aromatic carbocycles. The lowest BCUT2D eigenvalue weighted by molar-refractivity contribution is -0.117. The molecule has 0 aliphatic carbocycles. The summed E-state index contributed by atoms with van der Waals surface area (Å²) in [6, 6.07) is 17.6. The number of carbonyl (C=O) groups excluding carboxylic acids is 1. The molecule has 2 aromatic rings. The second-order valence-corrected chi connectivity index (χ2v) is 5.06. The number of para-hydroxylation sites is 1. The van der Waals surface area contributed by atoms with E-state index in [4.69, 9.17) is 4.74 Å². The molecule has 0 heterocycles. The van der Waals surface area contributed by atoms with E-state index < -0.39 is 0 Å². The van der Waals surface area contributed by atoms with Crippen molar-refractivity contribution in [1.82, 2.24) is 5.32 Å². The van der Waals surface area contributed by atoms with Crippen molar-refractivity contribution in [3.8, 4) is 5.75 Å². The molecule has 4 heteroatoms. The van der Waals surface area contributed by atoms with Crippen molar-refractivity contribution in [3.63, 3.8) is 0 Å². The third-order valence-corrected chi connectivity index (χ3v) is 3.54. The minimum Gasteiger partial charge on any atom is -0.497 e. The molecule has 0 saturated carbocycles. The molecule has 0 atom stereocenters. The number of nitrogens with zero attached hydrogens (tertiary/aromatic N) is 1. The van der Waals surface area contributed by atoms with Gasteiger partial charge in [0, 0.05) is 12.7 Å². The largest absolute Gasteiger partial charge is 0.497 e. The van der Waals surface area contributed by atoms with E-state index in [9.17, 15) is 4.79 Å². The zero-order valence-electron chi connectivity index (χ0n) is 13.1. The number of methoxy groups -OCH3 is 1. The van der Waals surface area contributed by atoms with E-state index in [1.54, 1.807) is 19.1 Å². The number of hydrogen-bond acceptors (Lipinski definition) is 3. The molecular formula is C18H22N2O2. The zero-order chi connectivity index (χ0) is 15.8. The quantitative estimate of drug-likeness (QED) is 0.799. The monoisotopic (exact) mass is 298 g/mol. The summed E-state index contributed by atoms with van der Waals surface area (Å²) in [5.41, 5.74) is 2.13. The standard InChI is InChI=1S/C18H22N2O2/c1-20(16-6-4-3-5-7-16)18(21)14-19-13-12-15-8-10-17(22-2)11-9-15/h3-11,19H,12-14H2,1-2H3. The lowest BCUT2D eigenvalue weighted by Crippen LogP contribution is -2.36. The average Bonchev–Trinajstić information content (AvgIpc) is 2.59. The number of likely N-dealkylation sites (N-methyl/N-ethyl adjacent to an activating group) is 1. The maximum Gasteiger partial charge on any atom is 0.240 e. The lowest BCUT2D eigenvalue weighted by atomic mass is 10.1. The topological polar surface area (TPSA) is 41.6 Å². The molecule has 1 N–H and O–H groups in total. The molecule has 2 rings (SSSR count). The van der Waals surface area contributed by atoms with Gasteiger partial charge >= 0.3 is 0 Å². The van der Waals surface area contributed by atoms with Gasteiger partial charge < -0.3 is 15.0 Å². The number of ether oxygens (including phenoxy) is 1. The lowest BCUT2D eigenvalue weighted by Gasteiger charge is -2.17. The highest BCUT2D eigenvalue weighted by molar-refractivity contribution is 5.94. The van der Waals surface area contributed by atoms with Crippen LogP contribution in [-0.2, 0) is 11.2 Å². The van der Waals surface area contributed by atoms with E-state index in [2.05, 4.69) is 5.32 Å². The van der Waals surface area contributed by atoms with Gasteiger partial charge in [-0.1, -0.05) is 30.3 Å². The van der Waals surface area contributed by atoms with Crippen molar-refractivity contribution in [2.75, 3.05) is 32.1 Å². The van der Waals surface area contributed by atoms with Gasteiger partial charge in [-0.2, -0.15) is 0 Å². The maximum atomic E-state index is 12.1. The Kier molecular flexibility index (Phi) is 5.98. The summed E-state index contributed by atoms with van der Waals surface area (Å²) in [5, 5.41) is 3.19. The summed E-state index contributed by atoms with van der Waals surface area (Å²) in [4.78, 5) is 13.8. The second-order valence-electron chi connectivity index (χ2n) is 5.06. The average molecular weight is 298 g/mol. The molecule has 116 valence electrons. The molecule has 0 bridgehead atoms. The van der Waals surface area contributed by atoms with Crippen LogP contribution in [0.5, 0.6) is 5.75 Å². The predicted octanol–water partition coefficient (Wildman–Crippen LogP) is 2.49. The fourth-order valence-electron chi connectivity index (χ4n) is 2.13. The van der Waals surface area contributed by atoms with Crippen LogP contribution in [0.3, 0.4) is 0 Å².